The zero-order valence-corrected chi connectivity index (χ0v) is 19.4. The van der Waals surface area contributed by atoms with E-state index in [9.17, 15) is 0 Å². The Morgan fingerprint density at radius 1 is 1.33 bits per heavy atom. The second-order valence-corrected chi connectivity index (χ2v) is 8.49. The zero-order chi connectivity index (χ0) is 18.4. The van der Waals surface area contributed by atoms with E-state index in [1.165, 1.54) is 29.8 Å². The van der Waals surface area contributed by atoms with Crippen molar-refractivity contribution in [3.05, 3.63) is 52.2 Å². The van der Waals surface area contributed by atoms with Crippen molar-refractivity contribution in [1.82, 2.24) is 4.90 Å². The molecule has 3 rings (SSSR count). The first-order valence-electron chi connectivity index (χ1n) is 9.52. The molecule has 1 unspecified atom stereocenters. The smallest absolute Gasteiger partial charge is 0.193 e. The van der Waals surface area contributed by atoms with Crippen molar-refractivity contribution >= 4 is 47.0 Å². The largest absolute Gasteiger partial charge is 0.370 e. The number of hydrogen-bond acceptors (Lipinski definition) is 3. The third-order valence-electron chi connectivity index (χ3n) is 4.91. The average Bonchev–Trinajstić information content (AvgIpc) is 3.13. The zero-order valence-electron chi connectivity index (χ0n) is 16.2. The minimum atomic E-state index is 0. The summed E-state index contributed by atoms with van der Waals surface area (Å²) in [7, 11) is 0. The first kappa shape index (κ1) is 22.2. The Morgan fingerprint density at radius 2 is 2.19 bits per heavy atom. The summed E-state index contributed by atoms with van der Waals surface area (Å²) in [6.07, 6.45) is 2.48. The normalized spacial score (nSPS) is 18.3. The quantitative estimate of drug-likeness (QED) is 0.330. The van der Waals surface area contributed by atoms with Crippen molar-refractivity contribution in [3.8, 4) is 0 Å². The summed E-state index contributed by atoms with van der Waals surface area (Å²) in [4.78, 5) is 8.60. The molecule has 27 heavy (non-hydrogen) atoms. The van der Waals surface area contributed by atoms with Crippen LogP contribution >= 0.6 is 35.3 Å². The Balaban J connectivity index is 0.00000261. The fourth-order valence-electron chi connectivity index (χ4n) is 3.46. The van der Waals surface area contributed by atoms with E-state index in [4.69, 9.17) is 5.73 Å². The Bertz CT molecular complexity index is 715. The third kappa shape index (κ3) is 7.08. The number of hydrogen-bond donors (Lipinski definition) is 2. The van der Waals surface area contributed by atoms with Gasteiger partial charge in [-0.2, -0.15) is 0 Å². The van der Waals surface area contributed by atoms with Crippen LogP contribution in [0.2, 0.25) is 0 Å². The summed E-state index contributed by atoms with van der Waals surface area (Å²) in [5.41, 5.74) is 8.44. The lowest BCUT2D eigenvalue weighted by Crippen LogP contribution is -2.36. The van der Waals surface area contributed by atoms with E-state index >= 15 is 0 Å². The molecule has 1 atom stereocenters. The van der Waals surface area contributed by atoms with Gasteiger partial charge in [0, 0.05) is 30.2 Å². The summed E-state index contributed by atoms with van der Waals surface area (Å²) < 4.78 is 0. The molecule has 1 saturated heterocycles. The van der Waals surface area contributed by atoms with Gasteiger partial charge in [0.1, 0.15) is 0 Å². The van der Waals surface area contributed by atoms with Gasteiger partial charge < -0.3 is 11.1 Å². The van der Waals surface area contributed by atoms with Crippen molar-refractivity contribution in [2.24, 2.45) is 16.6 Å². The highest BCUT2D eigenvalue weighted by Gasteiger charge is 2.20. The Labute approximate surface area is 184 Å². The second-order valence-electron chi connectivity index (χ2n) is 7.45. The van der Waals surface area contributed by atoms with E-state index in [0.29, 0.717) is 17.8 Å². The van der Waals surface area contributed by atoms with Gasteiger partial charge in [0.2, 0.25) is 0 Å². The predicted molar refractivity (Wildman–Crippen MR) is 128 cm³/mol. The number of thiophene rings is 1. The van der Waals surface area contributed by atoms with Gasteiger partial charge in [0.25, 0.3) is 0 Å². The van der Waals surface area contributed by atoms with E-state index in [0.717, 1.165) is 25.3 Å². The number of nitrogens with zero attached hydrogens (tertiary/aromatic N) is 2. The molecule has 0 amide bonds. The number of nitrogens with one attached hydrogen (secondary N) is 1. The van der Waals surface area contributed by atoms with Crippen LogP contribution in [0.4, 0.5) is 5.69 Å². The lowest BCUT2D eigenvalue weighted by Gasteiger charge is -2.31. The first-order chi connectivity index (χ1) is 12.6. The maximum absolute atomic E-state index is 6.12. The lowest BCUT2D eigenvalue weighted by molar-refractivity contribution is 0.172. The summed E-state index contributed by atoms with van der Waals surface area (Å²) in [5, 5.41) is 5.39. The van der Waals surface area contributed by atoms with Crippen molar-refractivity contribution in [2.75, 3.05) is 25.0 Å². The number of piperidine rings is 1. The van der Waals surface area contributed by atoms with E-state index in [-0.39, 0.29) is 24.0 Å². The number of likely N-dealkylation sites (tertiary alicyclic amines) is 1. The number of nitrogens with two attached hydrogens (primary N) is 1. The predicted octanol–water partition coefficient (Wildman–Crippen LogP) is 5.13. The molecular formula is C21H31IN4S. The molecule has 1 fully saturated rings. The highest BCUT2D eigenvalue weighted by Crippen LogP contribution is 2.21. The fraction of sp³-hybridized carbons (Fsp3) is 0.476. The molecule has 1 aliphatic rings. The summed E-state index contributed by atoms with van der Waals surface area (Å²) >= 11 is 1.84. The van der Waals surface area contributed by atoms with Crippen LogP contribution in [-0.4, -0.2) is 30.5 Å². The van der Waals surface area contributed by atoms with Crippen molar-refractivity contribution < 1.29 is 0 Å². The molecule has 3 N–H and O–H groups in total. The lowest BCUT2D eigenvalue weighted by atomic mass is 9.98. The van der Waals surface area contributed by atoms with Gasteiger partial charge >= 0.3 is 0 Å². The SMILES string of the molecule is CC(C)c1cccc(NC(N)=NCC2CCCN(Cc3cccs3)C2)c1.I. The van der Waals surface area contributed by atoms with Gasteiger partial charge in [0.15, 0.2) is 5.96 Å². The number of aliphatic imine (C=N–C) groups is 1. The topological polar surface area (TPSA) is 53.6 Å². The molecule has 0 spiro atoms. The number of rotatable bonds is 6. The highest BCUT2D eigenvalue weighted by atomic mass is 127. The molecule has 4 nitrogen and oxygen atoms in total. The summed E-state index contributed by atoms with van der Waals surface area (Å²) in [6, 6.07) is 12.8. The molecule has 0 radical (unpaired) electrons. The Kier molecular flexibility index (Phi) is 9.05. The minimum absolute atomic E-state index is 0. The summed E-state index contributed by atoms with van der Waals surface area (Å²) in [5.74, 6) is 1.61. The highest BCUT2D eigenvalue weighted by molar-refractivity contribution is 14.0. The average molecular weight is 498 g/mol. The van der Waals surface area contributed by atoms with E-state index in [2.05, 4.69) is 64.8 Å². The van der Waals surface area contributed by atoms with Crippen LogP contribution < -0.4 is 11.1 Å². The van der Waals surface area contributed by atoms with Crippen LogP contribution in [0.25, 0.3) is 0 Å². The molecule has 0 aliphatic carbocycles. The van der Waals surface area contributed by atoms with Gasteiger partial charge in [-0.15, -0.1) is 35.3 Å². The molecular weight excluding hydrogens is 467 g/mol. The third-order valence-corrected chi connectivity index (χ3v) is 5.77. The van der Waals surface area contributed by atoms with Crippen molar-refractivity contribution in [1.29, 1.82) is 0 Å². The monoisotopic (exact) mass is 498 g/mol. The molecule has 2 aromatic rings. The van der Waals surface area contributed by atoms with Gasteiger partial charge in [-0.1, -0.05) is 32.0 Å². The molecule has 1 aromatic carbocycles. The van der Waals surface area contributed by atoms with Crippen LogP contribution in [0.1, 0.15) is 43.0 Å². The number of halogens is 1. The maximum atomic E-state index is 6.12. The van der Waals surface area contributed by atoms with Crippen molar-refractivity contribution in [3.63, 3.8) is 0 Å². The second kappa shape index (κ2) is 11.0. The number of guanidine groups is 1. The van der Waals surface area contributed by atoms with E-state index in [1.807, 2.05) is 17.4 Å². The van der Waals surface area contributed by atoms with E-state index in [1.54, 1.807) is 0 Å². The van der Waals surface area contributed by atoms with Crippen molar-refractivity contribution in [2.45, 2.75) is 39.2 Å². The van der Waals surface area contributed by atoms with Crippen LogP contribution in [0.5, 0.6) is 0 Å². The van der Waals surface area contributed by atoms with Gasteiger partial charge in [-0.3, -0.25) is 9.89 Å². The minimum Gasteiger partial charge on any atom is -0.370 e. The molecule has 1 aliphatic heterocycles. The van der Waals surface area contributed by atoms with Crippen LogP contribution in [0.15, 0.2) is 46.8 Å². The molecule has 0 saturated carbocycles. The van der Waals surface area contributed by atoms with E-state index < -0.39 is 0 Å². The molecule has 0 bridgehead atoms. The first-order valence-corrected chi connectivity index (χ1v) is 10.4. The molecule has 2 heterocycles. The number of anilines is 1. The standard InChI is InChI=1S/C21H30N4S.HI/c1-16(2)18-7-3-8-19(12-18)24-21(22)23-13-17-6-4-10-25(14-17)15-20-9-5-11-26-20;/h3,5,7-9,11-12,16-17H,4,6,10,13-15H2,1-2H3,(H3,22,23,24);1H. The summed E-state index contributed by atoms with van der Waals surface area (Å²) in [6.45, 7) is 8.55. The van der Waals surface area contributed by atoms with Gasteiger partial charge in [-0.05, 0) is 60.4 Å². The fourth-order valence-corrected chi connectivity index (χ4v) is 4.20. The van der Waals surface area contributed by atoms with Gasteiger partial charge in [-0.25, -0.2) is 0 Å². The molecule has 6 heteroatoms. The number of benzene rings is 1. The van der Waals surface area contributed by atoms with Crippen LogP contribution in [0, 0.1) is 5.92 Å². The Morgan fingerprint density at radius 3 is 2.93 bits per heavy atom. The van der Waals surface area contributed by atoms with Gasteiger partial charge in [0.05, 0.1) is 0 Å². The maximum Gasteiger partial charge on any atom is 0.193 e. The molecule has 1 aromatic heterocycles. The van der Waals surface area contributed by atoms with Crippen LogP contribution in [-0.2, 0) is 6.54 Å². The molecule has 148 valence electrons. The van der Waals surface area contributed by atoms with Crippen LogP contribution in [0.3, 0.4) is 0 Å². The Hall–Kier alpha value is -1.12.